The zero-order valence-corrected chi connectivity index (χ0v) is 14.1. The molecule has 1 N–H and O–H groups in total. The lowest BCUT2D eigenvalue weighted by molar-refractivity contribution is 0.283. The Kier molecular flexibility index (Phi) is 5.82. The van der Waals surface area contributed by atoms with Gasteiger partial charge in [0.05, 0.1) is 4.90 Å². The summed E-state index contributed by atoms with van der Waals surface area (Å²) in [4.78, 5) is 0.349. The summed E-state index contributed by atoms with van der Waals surface area (Å²) in [6.07, 6.45) is 0. The van der Waals surface area contributed by atoms with Gasteiger partial charge >= 0.3 is 0 Å². The van der Waals surface area contributed by atoms with E-state index in [0.717, 1.165) is 5.56 Å². The van der Waals surface area contributed by atoms with Crippen LogP contribution < -0.4 is 5.32 Å². The zero-order chi connectivity index (χ0) is 13.3. The molecule has 1 aromatic rings. The molecular weight excluding hydrogens is 352 g/mol. The molecule has 108 valence electrons. The molecule has 1 heterocycles. The van der Waals surface area contributed by atoms with Crippen molar-refractivity contribution in [3.05, 3.63) is 28.2 Å². The summed E-state index contributed by atoms with van der Waals surface area (Å²) in [5.41, 5.74) is 1.04. The van der Waals surface area contributed by atoms with Crippen molar-refractivity contribution in [3.8, 4) is 0 Å². The number of aryl methyl sites for hydroxylation is 1. The maximum absolute atomic E-state index is 12.6. The number of hydrogen-bond donors (Lipinski definition) is 1. The number of halogens is 2. The largest absolute Gasteiger partial charge is 0.314 e. The average molecular weight is 370 g/mol. The lowest BCUT2D eigenvalue weighted by Crippen LogP contribution is -2.52. The summed E-state index contributed by atoms with van der Waals surface area (Å²) in [5, 5.41) is 3.19. The van der Waals surface area contributed by atoms with E-state index in [4.69, 9.17) is 0 Å². The van der Waals surface area contributed by atoms with E-state index >= 15 is 0 Å². The van der Waals surface area contributed by atoms with Crippen LogP contribution in [0, 0.1) is 6.92 Å². The third-order valence-corrected chi connectivity index (χ3v) is 6.10. The fourth-order valence-corrected chi connectivity index (χ4v) is 4.91. The number of benzene rings is 1. The predicted molar refractivity (Wildman–Crippen MR) is 82.4 cm³/mol. The molecule has 1 fully saturated rings. The molecule has 0 amide bonds. The third kappa shape index (κ3) is 3.49. The Morgan fingerprint density at radius 2 is 2.11 bits per heavy atom. The topological polar surface area (TPSA) is 49.4 Å². The molecule has 2 rings (SSSR count). The van der Waals surface area contributed by atoms with Gasteiger partial charge in [0.2, 0.25) is 10.0 Å². The number of rotatable bonds is 2. The molecule has 4 nitrogen and oxygen atoms in total. The second-order valence-electron chi connectivity index (χ2n) is 4.60. The highest BCUT2D eigenvalue weighted by Gasteiger charge is 2.32. The van der Waals surface area contributed by atoms with Crippen molar-refractivity contribution in [2.75, 3.05) is 19.6 Å². The van der Waals surface area contributed by atoms with Crippen LogP contribution in [0.5, 0.6) is 0 Å². The SMILES string of the molecule is Cc1ccc(S(=O)(=O)N2CCNC[C@@H]2C)c(Br)c1.Cl. The van der Waals surface area contributed by atoms with E-state index in [1.54, 1.807) is 10.4 Å². The fraction of sp³-hybridized carbons (Fsp3) is 0.500. The van der Waals surface area contributed by atoms with Crippen molar-refractivity contribution >= 4 is 38.4 Å². The van der Waals surface area contributed by atoms with Gasteiger partial charge in [-0.25, -0.2) is 8.42 Å². The lowest BCUT2D eigenvalue weighted by atomic mass is 10.2. The minimum Gasteiger partial charge on any atom is -0.314 e. The van der Waals surface area contributed by atoms with Crippen LogP contribution in [0.2, 0.25) is 0 Å². The van der Waals surface area contributed by atoms with E-state index in [-0.39, 0.29) is 18.4 Å². The van der Waals surface area contributed by atoms with E-state index in [2.05, 4.69) is 21.2 Å². The Hall–Kier alpha value is -0.140. The fourth-order valence-electron chi connectivity index (χ4n) is 2.12. The molecule has 7 heteroatoms. The van der Waals surface area contributed by atoms with Crippen LogP contribution >= 0.6 is 28.3 Å². The Morgan fingerprint density at radius 3 is 2.68 bits per heavy atom. The van der Waals surface area contributed by atoms with Crippen LogP contribution in [0.25, 0.3) is 0 Å². The quantitative estimate of drug-likeness (QED) is 0.869. The van der Waals surface area contributed by atoms with Crippen molar-refractivity contribution in [1.82, 2.24) is 9.62 Å². The summed E-state index contributed by atoms with van der Waals surface area (Å²) >= 11 is 3.35. The number of nitrogens with one attached hydrogen (secondary N) is 1. The monoisotopic (exact) mass is 368 g/mol. The van der Waals surface area contributed by atoms with Gasteiger partial charge in [0.25, 0.3) is 0 Å². The predicted octanol–water partition coefficient (Wildman–Crippen LogP) is 2.16. The number of piperazine rings is 1. The molecule has 0 aromatic heterocycles. The van der Waals surface area contributed by atoms with E-state index in [0.29, 0.717) is 29.0 Å². The summed E-state index contributed by atoms with van der Waals surface area (Å²) < 4.78 is 27.4. The van der Waals surface area contributed by atoms with Gasteiger partial charge in [-0.2, -0.15) is 4.31 Å². The average Bonchev–Trinajstić information content (AvgIpc) is 2.28. The molecule has 0 saturated carbocycles. The number of sulfonamides is 1. The van der Waals surface area contributed by atoms with Crippen LogP contribution in [-0.2, 0) is 10.0 Å². The highest BCUT2D eigenvalue weighted by atomic mass is 79.9. The molecular formula is C12H18BrClN2O2S. The Balaban J connectivity index is 0.00000180. The van der Waals surface area contributed by atoms with Gasteiger partial charge in [-0.15, -0.1) is 12.4 Å². The van der Waals surface area contributed by atoms with Crippen molar-refractivity contribution in [3.63, 3.8) is 0 Å². The summed E-state index contributed by atoms with van der Waals surface area (Å²) in [6, 6.07) is 5.31. The summed E-state index contributed by atoms with van der Waals surface area (Å²) in [7, 11) is -3.41. The molecule has 1 atom stereocenters. The highest BCUT2D eigenvalue weighted by molar-refractivity contribution is 9.10. The Morgan fingerprint density at radius 1 is 1.42 bits per heavy atom. The van der Waals surface area contributed by atoms with Crippen molar-refractivity contribution in [2.24, 2.45) is 0 Å². The van der Waals surface area contributed by atoms with Crippen LogP contribution in [0.1, 0.15) is 12.5 Å². The van der Waals surface area contributed by atoms with Crippen molar-refractivity contribution in [1.29, 1.82) is 0 Å². The van der Waals surface area contributed by atoms with Gasteiger partial charge in [0.15, 0.2) is 0 Å². The van der Waals surface area contributed by atoms with Gasteiger partial charge in [0, 0.05) is 30.1 Å². The zero-order valence-electron chi connectivity index (χ0n) is 10.9. The Bertz CT molecular complexity index is 551. The lowest BCUT2D eigenvalue weighted by Gasteiger charge is -2.33. The van der Waals surface area contributed by atoms with Crippen LogP contribution in [0.3, 0.4) is 0 Å². The van der Waals surface area contributed by atoms with Crippen molar-refractivity contribution in [2.45, 2.75) is 24.8 Å². The Labute approximate surface area is 129 Å². The standard InChI is InChI=1S/C12H17BrN2O2S.ClH/c1-9-3-4-12(11(13)7-9)18(16,17)15-6-5-14-8-10(15)2;/h3-4,7,10,14H,5-6,8H2,1-2H3;1H/t10-;/m0./s1. The van der Waals surface area contributed by atoms with Gasteiger partial charge < -0.3 is 5.32 Å². The molecule has 19 heavy (non-hydrogen) atoms. The van der Waals surface area contributed by atoms with E-state index in [1.807, 2.05) is 26.0 Å². The first-order chi connectivity index (χ1) is 8.43. The third-order valence-electron chi connectivity index (χ3n) is 3.11. The highest BCUT2D eigenvalue weighted by Crippen LogP contribution is 2.27. The van der Waals surface area contributed by atoms with Crippen LogP contribution in [0.15, 0.2) is 27.6 Å². The van der Waals surface area contributed by atoms with Gasteiger partial charge in [0.1, 0.15) is 0 Å². The summed E-state index contributed by atoms with van der Waals surface area (Å²) in [5.74, 6) is 0. The van der Waals surface area contributed by atoms with E-state index in [1.165, 1.54) is 0 Å². The van der Waals surface area contributed by atoms with Crippen LogP contribution in [-0.4, -0.2) is 38.4 Å². The molecule has 1 aromatic carbocycles. The number of hydrogen-bond acceptors (Lipinski definition) is 3. The van der Waals surface area contributed by atoms with Crippen molar-refractivity contribution < 1.29 is 8.42 Å². The molecule has 0 unspecified atom stereocenters. The second kappa shape index (κ2) is 6.54. The molecule has 0 spiro atoms. The molecule has 0 radical (unpaired) electrons. The maximum atomic E-state index is 12.6. The first-order valence-corrected chi connectivity index (χ1v) is 8.15. The van der Waals surface area contributed by atoms with Gasteiger partial charge in [-0.3, -0.25) is 0 Å². The molecule has 1 saturated heterocycles. The normalized spacial score (nSPS) is 20.9. The molecule has 0 bridgehead atoms. The van der Waals surface area contributed by atoms with Gasteiger partial charge in [-0.1, -0.05) is 6.07 Å². The first kappa shape index (κ1) is 16.9. The number of nitrogens with zero attached hydrogens (tertiary/aromatic N) is 1. The minimum absolute atomic E-state index is 0. The minimum atomic E-state index is -3.41. The van der Waals surface area contributed by atoms with Gasteiger partial charge in [-0.05, 0) is 47.5 Å². The molecule has 0 aliphatic carbocycles. The van der Waals surface area contributed by atoms with E-state index in [9.17, 15) is 8.42 Å². The second-order valence-corrected chi connectivity index (χ2v) is 7.32. The molecule has 1 aliphatic heterocycles. The smallest absolute Gasteiger partial charge is 0.244 e. The van der Waals surface area contributed by atoms with Crippen LogP contribution in [0.4, 0.5) is 0 Å². The van der Waals surface area contributed by atoms with E-state index < -0.39 is 10.0 Å². The first-order valence-electron chi connectivity index (χ1n) is 5.91. The summed E-state index contributed by atoms with van der Waals surface area (Å²) in [6.45, 7) is 5.78. The maximum Gasteiger partial charge on any atom is 0.244 e. The molecule has 1 aliphatic rings.